The summed E-state index contributed by atoms with van der Waals surface area (Å²) in [5, 5.41) is 9.78. The van der Waals surface area contributed by atoms with Gasteiger partial charge in [-0.15, -0.1) is 0 Å². The maximum atomic E-state index is 12.4. The average molecular weight is 250 g/mol. The number of phenols is 1. The van der Waals surface area contributed by atoms with Crippen LogP contribution < -0.4 is 0 Å². The van der Waals surface area contributed by atoms with Gasteiger partial charge in [-0.25, -0.2) is 0 Å². The topological polar surface area (TPSA) is 37.3 Å². The SMILES string of the molecule is O=C1/C(=C/c2ccccc2)CCc2c(O)cccc21. The summed E-state index contributed by atoms with van der Waals surface area (Å²) in [6.45, 7) is 0. The van der Waals surface area contributed by atoms with Gasteiger partial charge in [-0.1, -0.05) is 42.5 Å². The molecule has 0 heterocycles. The summed E-state index contributed by atoms with van der Waals surface area (Å²) in [4.78, 5) is 12.4. The molecule has 0 unspecified atom stereocenters. The molecule has 1 aliphatic carbocycles. The van der Waals surface area contributed by atoms with Crippen LogP contribution in [0.5, 0.6) is 5.75 Å². The van der Waals surface area contributed by atoms with E-state index in [0.29, 0.717) is 18.4 Å². The van der Waals surface area contributed by atoms with Crippen LogP contribution in [0.15, 0.2) is 54.1 Å². The van der Waals surface area contributed by atoms with Gasteiger partial charge in [0.05, 0.1) is 0 Å². The molecule has 0 bridgehead atoms. The van der Waals surface area contributed by atoms with E-state index in [-0.39, 0.29) is 11.5 Å². The molecule has 94 valence electrons. The Morgan fingerprint density at radius 1 is 0.947 bits per heavy atom. The molecule has 0 saturated heterocycles. The van der Waals surface area contributed by atoms with Crippen molar-refractivity contribution in [2.24, 2.45) is 0 Å². The van der Waals surface area contributed by atoms with Crippen LogP contribution >= 0.6 is 0 Å². The predicted octanol–water partition coefficient (Wildman–Crippen LogP) is 3.60. The van der Waals surface area contributed by atoms with Gasteiger partial charge in [0.1, 0.15) is 5.75 Å². The number of hydrogen-bond donors (Lipinski definition) is 1. The van der Waals surface area contributed by atoms with Crippen molar-refractivity contribution in [2.45, 2.75) is 12.8 Å². The minimum Gasteiger partial charge on any atom is -0.508 e. The van der Waals surface area contributed by atoms with Gasteiger partial charge in [-0.3, -0.25) is 4.79 Å². The summed E-state index contributed by atoms with van der Waals surface area (Å²) < 4.78 is 0. The van der Waals surface area contributed by atoms with E-state index < -0.39 is 0 Å². The molecular weight excluding hydrogens is 236 g/mol. The first-order valence-electron chi connectivity index (χ1n) is 6.37. The second kappa shape index (κ2) is 4.73. The molecule has 2 heteroatoms. The first-order valence-corrected chi connectivity index (χ1v) is 6.37. The lowest BCUT2D eigenvalue weighted by atomic mass is 9.85. The number of hydrogen-bond acceptors (Lipinski definition) is 2. The molecule has 1 aliphatic rings. The summed E-state index contributed by atoms with van der Waals surface area (Å²) in [5.41, 5.74) is 3.25. The predicted molar refractivity (Wildman–Crippen MR) is 75.2 cm³/mol. The first-order chi connectivity index (χ1) is 9.25. The number of benzene rings is 2. The van der Waals surface area contributed by atoms with Crippen molar-refractivity contribution < 1.29 is 9.90 Å². The summed E-state index contributed by atoms with van der Waals surface area (Å²) in [5.74, 6) is 0.255. The Labute approximate surface area is 112 Å². The fraction of sp³-hybridized carbons (Fsp3) is 0.118. The van der Waals surface area contributed by atoms with E-state index in [2.05, 4.69) is 0 Å². The van der Waals surface area contributed by atoms with Crippen molar-refractivity contribution in [3.05, 3.63) is 70.8 Å². The molecule has 3 rings (SSSR count). The average Bonchev–Trinajstić information content (AvgIpc) is 2.44. The van der Waals surface area contributed by atoms with Crippen molar-refractivity contribution in [3.63, 3.8) is 0 Å². The summed E-state index contributed by atoms with van der Waals surface area (Å²) in [6, 6.07) is 15.0. The highest BCUT2D eigenvalue weighted by atomic mass is 16.3. The third-order valence-corrected chi connectivity index (χ3v) is 3.47. The minimum atomic E-state index is 0.0287. The minimum absolute atomic E-state index is 0.0287. The molecule has 19 heavy (non-hydrogen) atoms. The summed E-state index contributed by atoms with van der Waals surface area (Å²) in [7, 11) is 0. The second-order valence-electron chi connectivity index (χ2n) is 4.71. The van der Waals surface area contributed by atoms with E-state index in [4.69, 9.17) is 0 Å². The highest BCUT2D eigenvalue weighted by Crippen LogP contribution is 2.31. The zero-order chi connectivity index (χ0) is 13.2. The van der Waals surface area contributed by atoms with Crippen molar-refractivity contribution in [1.82, 2.24) is 0 Å². The first kappa shape index (κ1) is 11.7. The molecule has 0 saturated carbocycles. The standard InChI is InChI=1S/C17H14O2/c18-16-8-4-7-15-14(16)10-9-13(17(15)19)11-12-5-2-1-3-6-12/h1-8,11,18H,9-10H2/b13-11+. The van der Waals surface area contributed by atoms with Crippen molar-refractivity contribution in [1.29, 1.82) is 0 Å². The van der Waals surface area contributed by atoms with E-state index in [1.165, 1.54) is 0 Å². The largest absolute Gasteiger partial charge is 0.508 e. The van der Waals surface area contributed by atoms with Gasteiger partial charge < -0.3 is 5.11 Å². The molecule has 0 atom stereocenters. The Morgan fingerprint density at radius 3 is 2.53 bits per heavy atom. The number of carbonyl (C=O) groups is 1. The van der Waals surface area contributed by atoms with Crippen LogP contribution in [0.3, 0.4) is 0 Å². The van der Waals surface area contributed by atoms with Gasteiger partial charge in [0, 0.05) is 16.7 Å². The maximum absolute atomic E-state index is 12.4. The normalized spacial score (nSPS) is 16.4. The molecule has 0 aliphatic heterocycles. The number of aromatic hydroxyl groups is 1. The Morgan fingerprint density at radius 2 is 1.74 bits per heavy atom. The highest BCUT2D eigenvalue weighted by molar-refractivity contribution is 6.13. The fourth-order valence-electron chi connectivity index (χ4n) is 2.48. The lowest BCUT2D eigenvalue weighted by Gasteiger charge is -2.18. The van der Waals surface area contributed by atoms with E-state index in [1.54, 1.807) is 18.2 Å². The zero-order valence-electron chi connectivity index (χ0n) is 10.5. The number of phenolic OH excluding ortho intramolecular Hbond substituents is 1. The number of ketones is 1. The molecule has 0 spiro atoms. The van der Waals surface area contributed by atoms with Crippen molar-refractivity contribution >= 4 is 11.9 Å². The van der Waals surface area contributed by atoms with Gasteiger partial charge in [-0.05, 0) is 30.5 Å². The molecule has 0 aromatic heterocycles. The van der Waals surface area contributed by atoms with E-state index in [0.717, 1.165) is 16.7 Å². The number of carbonyl (C=O) groups excluding carboxylic acids is 1. The van der Waals surface area contributed by atoms with Crippen molar-refractivity contribution in [3.8, 4) is 5.75 Å². The summed E-state index contributed by atoms with van der Waals surface area (Å²) in [6.07, 6.45) is 3.33. The van der Waals surface area contributed by atoms with E-state index >= 15 is 0 Å². The molecule has 0 fully saturated rings. The maximum Gasteiger partial charge on any atom is 0.189 e. The molecular formula is C17H14O2. The Balaban J connectivity index is 2.01. The van der Waals surface area contributed by atoms with Crippen LogP contribution in [0.25, 0.3) is 6.08 Å². The van der Waals surface area contributed by atoms with Crippen LogP contribution in [0, 0.1) is 0 Å². The molecule has 2 nitrogen and oxygen atoms in total. The third kappa shape index (κ3) is 2.17. The monoisotopic (exact) mass is 250 g/mol. The molecule has 0 radical (unpaired) electrons. The van der Waals surface area contributed by atoms with Crippen molar-refractivity contribution in [2.75, 3.05) is 0 Å². The quantitative estimate of drug-likeness (QED) is 0.785. The second-order valence-corrected chi connectivity index (χ2v) is 4.71. The van der Waals surface area contributed by atoms with E-state index in [1.807, 2.05) is 36.4 Å². The Bertz CT molecular complexity index is 654. The van der Waals surface area contributed by atoms with Crippen LogP contribution in [0.4, 0.5) is 0 Å². The van der Waals surface area contributed by atoms with Gasteiger partial charge in [0.25, 0.3) is 0 Å². The zero-order valence-corrected chi connectivity index (χ0v) is 10.5. The number of rotatable bonds is 1. The smallest absolute Gasteiger partial charge is 0.189 e. The van der Waals surface area contributed by atoms with Gasteiger partial charge >= 0.3 is 0 Å². The fourth-order valence-corrected chi connectivity index (χ4v) is 2.48. The summed E-state index contributed by atoms with van der Waals surface area (Å²) >= 11 is 0. The highest BCUT2D eigenvalue weighted by Gasteiger charge is 2.23. The van der Waals surface area contributed by atoms with Gasteiger partial charge in [-0.2, -0.15) is 0 Å². The molecule has 0 amide bonds. The van der Waals surface area contributed by atoms with Crippen LogP contribution in [-0.4, -0.2) is 10.9 Å². The number of allylic oxidation sites excluding steroid dienone is 1. The van der Waals surface area contributed by atoms with Crippen LogP contribution in [-0.2, 0) is 6.42 Å². The van der Waals surface area contributed by atoms with Gasteiger partial charge in [0.15, 0.2) is 5.78 Å². The van der Waals surface area contributed by atoms with E-state index in [9.17, 15) is 9.90 Å². The Hall–Kier alpha value is -2.35. The van der Waals surface area contributed by atoms with Crippen LogP contribution in [0.2, 0.25) is 0 Å². The lowest BCUT2D eigenvalue weighted by molar-refractivity contribution is 0.102. The number of Topliss-reactive ketones (excluding diaryl/α,β-unsaturated/α-hetero) is 1. The van der Waals surface area contributed by atoms with Gasteiger partial charge in [0.2, 0.25) is 0 Å². The third-order valence-electron chi connectivity index (χ3n) is 3.47. The molecule has 1 N–H and O–H groups in total. The molecule has 2 aromatic rings. The molecule has 2 aromatic carbocycles. The van der Waals surface area contributed by atoms with Crippen LogP contribution in [0.1, 0.15) is 27.9 Å². The number of fused-ring (bicyclic) bond motifs is 1. The Kier molecular flexibility index (Phi) is 2.92. The lowest BCUT2D eigenvalue weighted by Crippen LogP contribution is -2.14.